The first-order valence-electron chi connectivity index (χ1n) is 9.07. The van der Waals surface area contributed by atoms with Crippen LogP contribution >= 0.6 is 56.8 Å². The number of H-pyrrole nitrogens is 1. The molecule has 156 valence electrons. The van der Waals surface area contributed by atoms with Crippen LogP contribution in [0.25, 0.3) is 10.9 Å². The van der Waals surface area contributed by atoms with E-state index in [4.69, 9.17) is 16.3 Å². The maximum Gasteiger partial charge on any atom is 0.349 e. The highest BCUT2D eigenvalue weighted by Crippen LogP contribution is 2.29. The smallest absolute Gasteiger partial charge is 0.349 e. The molecule has 0 aliphatic heterocycles. The van der Waals surface area contributed by atoms with Crippen LogP contribution < -0.4 is 16.0 Å². The highest BCUT2D eigenvalue weighted by molar-refractivity contribution is 14.1. The maximum atomic E-state index is 12.6. The van der Waals surface area contributed by atoms with E-state index in [9.17, 15) is 9.59 Å². The Morgan fingerprint density at radius 3 is 2.42 bits per heavy atom. The van der Waals surface area contributed by atoms with Gasteiger partial charge in [-0.3, -0.25) is 4.79 Å². The van der Waals surface area contributed by atoms with Gasteiger partial charge < -0.3 is 9.72 Å². The molecule has 1 aromatic heterocycles. The number of aromatic nitrogens is 2. The second-order valence-corrected chi connectivity index (χ2v) is 9.33. The number of nitrogens with zero attached hydrogens (tertiary/aromatic N) is 2. The van der Waals surface area contributed by atoms with Crippen LogP contribution in [-0.4, -0.2) is 15.9 Å². The number of hydrogen-bond donors (Lipinski definition) is 1. The second-order valence-electron chi connectivity index (χ2n) is 6.57. The van der Waals surface area contributed by atoms with Crippen molar-refractivity contribution in [3.8, 4) is 5.75 Å². The van der Waals surface area contributed by atoms with E-state index in [-0.39, 0.29) is 0 Å². The van der Waals surface area contributed by atoms with Crippen molar-refractivity contribution in [1.82, 2.24) is 9.66 Å². The molecule has 0 saturated heterocycles. The lowest BCUT2D eigenvalue weighted by molar-refractivity contribution is 0.302. The van der Waals surface area contributed by atoms with Gasteiger partial charge in [-0.15, -0.1) is 4.68 Å². The summed E-state index contributed by atoms with van der Waals surface area (Å²) in [6.45, 7) is 0.415. The van der Waals surface area contributed by atoms with Gasteiger partial charge in [-0.25, -0.2) is 4.79 Å². The lowest BCUT2D eigenvalue weighted by atomic mass is 10.2. The third-order valence-electron chi connectivity index (χ3n) is 4.42. The van der Waals surface area contributed by atoms with E-state index in [1.165, 1.54) is 6.21 Å². The van der Waals surface area contributed by atoms with Crippen molar-refractivity contribution in [2.75, 3.05) is 0 Å². The van der Waals surface area contributed by atoms with Gasteiger partial charge in [0.25, 0.3) is 5.56 Å². The summed E-state index contributed by atoms with van der Waals surface area (Å²) in [7, 11) is 0. The Labute approximate surface area is 209 Å². The van der Waals surface area contributed by atoms with Crippen LogP contribution in [0.15, 0.2) is 75.4 Å². The Morgan fingerprint density at radius 1 is 1.03 bits per heavy atom. The molecule has 4 aromatic rings. The summed E-state index contributed by atoms with van der Waals surface area (Å²) >= 11 is 10.3. The van der Waals surface area contributed by atoms with Crippen LogP contribution in [0.1, 0.15) is 11.1 Å². The normalized spacial score (nSPS) is 11.3. The minimum atomic E-state index is -0.590. The Kier molecular flexibility index (Phi) is 6.77. The number of para-hydroxylation sites is 1. The van der Waals surface area contributed by atoms with E-state index in [2.05, 4.69) is 55.3 Å². The van der Waals surface area contributed by atoms with Gasteiger partial charge in [0.15, 0.2) is 0 Å². The van der Waals surface area contributed by atoms with Crippen LogP contribution in [-0.2, 0) is 6.61 Å². The Bertz CT molecular complexity index is 1390. The van der Waals surface area contributed by atoms with E-state index in [1.54, 1.807) is 24.3 Å². The number of ether oxygens (including phenoxy) is 1. The zero-order valence-corrected chi connectivity index (χ0v) is 20.9. The van der Waals surface area contributed by atoms with E-state index in [1.807, 2.05) is 36.4 Å². The summed E-state index contributed by atoms with van der Waals surface area (Å²) in [6, 6.07) is 18.1. The molecule has 6 nitrogen and oxygen atoms in total. The second kappa shape index (κ2) is 9.53. The van der Waals surface area contributed by atoms with Gasteiger partial charge in [-0.05, 0) is 92.7 Å². The van der Waals surface area contributed by atoms with E-state index < -0.39 is 11.2 Å². The first kappa shape index (κ1) is 22.0. The molecule has 4 rings (SSSR count). The van der Waals surface area contributed by atoms with E-state index >= 15 is 0 Å². The number of rotatable bonds is 5. The lowest BCUT2D eigenvalue weighted by Gasteiger charge is -2.11. The highest BCUT2D eigenvalue weighted by Gasteiger charge is 2.10. The number of nitrogens with one attached hydrogen (secondary N) is 1. The molecule has 1 heterocycles. The Morgan fingerprint density at radius 2 is 1.71 bits per heavy atom. The quantitative estimate of drug-likeness (QED) is 0.242. The fraction of sp³-hybridized carbons (Fsp3) is 0.0455. The first-order chi connectivity index (χ1) is 14.9. The number of halogens is 3. The minimum absolute atomic E-state index is 0.398. The largest absolute Gasteiger partial charge is 0.487 e. The van der Waals surface area contributed by atoms with Gasteiger partial charge in [0.1, 0.15) is 12.4 Å². The summed E-state index contributed by atoms with van der Waals surface area (Å²) in [5.41, 5.74) is 1.18. The monoisotopic (exact) mass is 657 g/mol. The predicted molar refractivity (Wildman–Crippen MR) is 139 cm³/mol. The molecule has 0 saturated carbocycles. The van der Waals surface area contributed by atoms with Crippen molar-refractivity contribution >= 4 is 73.9 Å². The molecule has 3 aromatic carbocycles. The fourth-order valence-electron chi connectivity index (χ4n) is 2.91. The molecule has 0 fully saturated rings. The zero-order chi connectivity index (χ0) is 22.0. The van der Waals surface area contributed by atoms with Gasteiger partial charge in [0, 0.05) is 5.02 Å². The molecular weight excluding hydrogens is 644 g/mol. The van der Waals surface area contributed by atoms with Gasteiger partial charge in [-0.1, -0.05) is 35.9 Å². The highest BCUT2D eigenvalue weighted by atomic mass is 127. The average molecular weight is 658 g/mol. The molecule has 0 amide bonds. The van der Waals surface area contributed by atoms with E-state index in [0.717, 1.165) is 28.7 Å². The van der Waals surface area contributed by atoms with Crippen molar-refractivity contribution in [2.24, 2.45) is 5.10 Å². The van der Waals surface area contributed by atoms with Crippen molar-refractivity contribution in [1.29, 1.82) is 0 Å². The number of aromatic amines is 1. The molecule has 31 heavy (non-hydrogen) atoms. The Hall–Kier alpha value is -2.18. The molecule has 0 bridgehead atoms. The average Bonchev–Trinajstić information content (AvgIpc) is 2.74. The van der Waals surface area contributed by atoms with Gasteiger partial charge >= 0.3 is 5.69 Å². The lowest BCUT2D eigenvalue weighted by Crippen LogP contribution is -2.32. The molecule has 0 aliphatic rings. The molecule has 0 aliphatic carbocycles. The molecule has 0 radical (unpaired) electrons. The molecule has 0 spiro atoms. The van der Waals surface area contributed by atoms with Crippen molar-refractivity contribution in [2.45, 2.75) is 6.61 Å². The topological polar surface area (TPSA) is 76.5 Å². The van der Waals surface area contributed by atoms with Crippen LogP contribution in [0, 0.1) is 7.14 Å². The fourth-order valence-corrected chi connectivity index (χ4v) is 5.16. The minimum Gasteiger partial charge on any atom is -0.487 e. The summed E-state index contributed by atoms with van der Waals surface area (Å²) in [5.74, 6) is 0.758. The number of fused-ring (bicyclic) bond motifs is 1. The standard InChI is InChI=1S/C22H14ClI2N3O3/c23-15-7-5-13(6-8-15)12-31-20-17(24)9-14(10-18(20)25)11-26-28-21(29)16-3-1-2-4-19(16)27-22(28)30/h1-11H,12H2,(H,27,30). The molecular formula is C22H14ClI2N3O3. The van der Waals surface area contributed by atoms with Crippen molar-refractivity contribution in [3.05, 3.63) is 105 Å². The summed E-state index contributed by atoms with van der Waals surface area (Å²) in [6.07, 6.45) is 1.48. The molecule has 9 heteroatoms. The first-order valence-corrected chi connectivity index (χ1v) is 11.6. The van der Waals surface area contributed by atoms with Crippen LogP contribution in [0.3, 0.4) is 0 Å². The Balaban J connectivity index is 1.59. The molecule has 0 unspecified atom stereocenters. The van der Waals surface area contributed by atoms with Gasteiger partial charge in [-0.2, -0.15) is 5.10 Å². The van der Waals surface area contributed by atoms with Crippen molar-refractivity contribution < 1.29 is 4.74 Å². The summed E-state index contributed by atoms with van der Waals surface area (Å²) < 4.78 is 8.59. The number of benzene rings is 3. The maximum absolute atomic E-state index is 12.6. The molecule has 1 N–H and O–H groups in total. The summed E-state index contributed by atoms with van der Waals surface area (Å²) in [5, 5.41) is 5.19. The SMILES string of the molecule is O=c1[nH]c2ccccc2c(=O)n1N=Cc1cc(I)c(OCc2ccc(Cl)cc2)c(I)c1. The number of hydrogen-bond acceptors (Lipinski definition) is 4. The van der Waals surface area contributed by atoms with Crippen LogP contribution in [0.4, 0.5) is 0 Å². The van der Waals surface area contributed by atoms with Crippen LogP contribution in [0.2, 0.25) is 5.02 Å². The van der Waals surface area contributed by atoms with Crippen LogP contribution in [0.5, 0.6) is 5.75 Å². The third kappa shape index (κ3) is 5.01. The van der Waals surface area contributed by atoms with E-state index in [0.29, 0.717) is 22.5 Å². The third-order valence-corrected chi connectivity index (χ3v) is 6.28. The summed E-state index contributed by atoms with van der Waals surface area (Å²) in [4.78, 5) is 27.5. The van der Waals surface area contributed by atoms with Crippen molar-refractivity contribution in [3.63, 3.8) is 0 Å². The zero-order valence-electron chi connectivity index (χ0n) is 15.8. The predicted octanol–water partition coefficient (Wildman–Crippen LogP) is 5.01. The van der Waals surface area contributed by atoms with Gasteiger partial charge in [0.2, 0.25) is 0 Å². The molecule has 0 atom stereocenters. The van der Waals surface area contributed by atoms with Gasteiger partial charge in [0.05, 0.1) is 24.3 Å².